The fraction of sp³-hybridized carbons (Fsp3) is 0.545. The van der Waals surface area contributed by atoms with Gasteiger partial charge in [0.25, 0.3) is 0 Å². The number of aromatic amines is 1. The molecule has 1 aromatic heterocycles. The van der Waals surface area contributed by atoms with E-state index >= 15 is 0 Å². The quantitative estimate of drug-likeness (QED) is 0.691. The Morgan fingerprint density at radius 3 is 2.67 bits per heavy atom. The van der Waals surface area contributed by atoms with Crippen LogP contribution >= 0.6 is 0 Å². The van der Waals surface area contributed by atoms with Crippen LogP contribution in [0.1, 0.15) is 19.4 Å². The highest BCUT2D eigenvalue weighted by atomic mass is 16.2. The lowest BCUT2D eigenvalue weighted by atomic mass is 10.0. The smallest absolute Gasteiger partial charge is 0.312 e. The van der Waals surface area contributed by atoms with Gasteiger partial charge in [-0.05, 0) is 5.92 Å². The summed E-state index contributed by atoms with van der Waals surface area (Å²) in [5.74, 6) is -0.207. The Morgan fingerprint density at radius 2 is 2.22 bits per heavy atom. The van der Waals surface area contributed by atoms with Gasteiger partial charge in [-0.15, -0.1) is 0 Å². The van der Waals surface area contributed by atoms with Gasteiger partial charge >= 0.3 is 6.03 Å². The zero-order valence-corrected chi connectivity index (χ0v) is 10.8. The second-order valence-electron chi connectivity index (χ2n) is 4.53. The number of hydrogen-bond donors (Lipinski definition) is 3. The molecule has 0 saturated carbocycles. The van der Waals surface area contributed by atoms with Gasteiger partial charge in [-0.25, -0.2) is 4.79 Å². The Labute approximate surface area is 106 Å². The van der Waals surface area contributed by atoms with E-state index in [0.29, 0.717) is 6.54 Å². The molecule has 0 aliphatic heterocycles. The minimum atomic E-state index is -0.696. The molecule has 1 rings (SSSR count). The molecule has 0 fully saturated rings. The second kappa shape index (κ2) is 6.04. The van der Waals surface area contributed by atoms with Gasteiger partial charge in [0.1, 0.15) is 6.04 Å². The van der Waals surface area contributed by atoms with Crippen LogP contribution in [0.4, 0.5) is 4.79 Å². The van der Waals surface area contributed by atoms with Crippen LogP contribution in [-0.4, -0.2) is 40.1 Å². The first-order valence-corrected chi connectivity index (χ1v) is 5.70. The second-order valence-corrected chi connectivity index (χ2v) is 4.53. The molecule has 3 amide bonds. The molecule has 0 saturated heterocycles. The Balaban J connectivity index is 2.67. The van der Waals surface area contributed by atoms with Crippen molar-refractivity contribution in [1.29, 1.82) is 0 Å². The maximum absolute atomic E-state index is 12.2. The average molecular weight is 253 g/mol. The summed E-state index contributed by atoms with van der Waals surface area (Å²) in [7, 11) is 1.67. The lowest BCUT2D eigenvalue weighted by Gasteiger charge is -2.26. The van der Waals surface area contributed by atoms with Gasteiger partial charge in [-0.1, -0.05) is 13.8 Å². The molecule has 7 heteroatoms. The summed E-state index contributed by atoms with van der Waals surface area (Å²) >= 11 is 0. The van der Waals surface area contributed by atoms with E-state index in [4.69, 9.17) is 5.73 Å². The summed E-state index contributed by atoms with van der Waals surface area (Å²) in [6.07, 6.45) is 3.37. The Kier molecular flexibility index (Phi) is 4.70. The number of rotatable bonds is 5. The first-order chi connectivity index (χ1) is 8.41. The highest BCUT2D eigenvalue weighted by Gasteiger charge is 2.26. The summed E-state index contributed by atoms with van der Waals surface area (Å²) in [5.41, 5.74) is 5.97. The van der Waals surface area contributed by atoms with Crippen LogP contribution in [0.15, 0.2) is 12.4 Å². The molecule has 7 nitrogen and oxygen atoms in total. The highest BCUT2D eigenvalue weighted by molar-refractivity contribution is 5.86. The number of nitrogens with zero attached hydrogens (tertiary/aromatic N) is 2. The number of hydrogen-bond acceptors (Lipinski definition) is 3. The number of carbonyl (C=O) groups is 2. The summed E-state index contributed by atoms with van der Waals surface area (Å²) < 4.78 is 0. The topological polar surface area (TPSA) is 104 Å². The fourth-order valence-electron chi connectivity index (χ4n) is 1.62. The van der Waals surface area contributed by atoms with Gasteiger partial charge in [-0.3, -0.25) is 9.89 Å². The number of likely N-dealkylation sites (N-methyl/N-ethyl adjacent to an activating group) is 1. The first kappa shape index (κ1) is 14.0. The minimum Gasteiger partial charge on any atom is -0.352 e. The van der Waals surface area contributed by atoms with E-state index in [-0.39, 0.29) is 11.8 Å². The molecule has 0 aliphatic rings. The molecule has 4 N–H and O–H groups in total. The van der Waals surface area contributed by atoms with E-state index in [0.717, 1.165) is 5.56 Å². The average Bonchev–Trinajstić information content (AvgIpc) is 2.77. The zero-order valence-electron chi connectivity index (χ0n) is 10.8. The molecule has 18 heavy (non-hydrogen) atoms. The van der Waals surface area contributed by atoms with E-state index in [9.17, 15) is 9.59 Å². The number of aromatic nitrogens is 2. The van der Waals surface area contributed by atoms with Gasteiger partial charge < -0.3 is 16.0 Å². The van der Waals surface area contributed by atoms with Gasteiger partial charge in [-0.2, -0.15) is 5.10 Å². The molecule has 0 radical (unpaired) electrons. The van der Waals surface area contributed by atoms with Crippen molar-refractivity contribution in [1.82, 2.24) is 20.4 Å². The summed E-state index contributed by atoms with van der Waals surface area (Å²) in [6, 6.07) is -1.31. The molecule has 0 spiro atoms. The molecular formula is C11H19N5O2. The maximum atomic E-state index is 12.2. The zero-order chi connectivity index (χ0) is 13.7. The SMILES string of the molecule is CC(C)C(NC(N)=O)C(=O)N(C)Cc1cn[nH]c1. The van der Waals surface area contributed by atoms with Crippen molar-refractivity contribution in [3.05, 3.63) is 18.0 Å². The van der Waals surface area contributed by atoms with Crippen LogP contribution in [0.25, 0.3) is 0 Å². The minimum absolute atomic E-state index is 0.0307. The number of primary amides is 1. The van der Waals surface area contributed by atoms with Gasteiger partial charge in [0.05, 0.1) is 6.20 Å². The molecule has 0 aromatic carbocycles. The Hall–Kier alpha value is -2.05. The van der Waals surface area contributed by atoms with Crippen molar-refractivity contribution in [3.8, 4) is 0 Å². The van der Waals surface area contributed by atoms with Crippen LogP contribution < -0.4 is 11.1 Å². The van der Waals surface area contributed by atoms with Gasteiger partial charge in [0, 0.05) is 25.4 Å². The van der Waals surface area contributed by atoms with Crippen LogP contribution in [0, 0.1) is 5.92 Å². The first-order valence-electron chi connectivity index (χ1n) is 5.70. The van der Waals surface area contributed by atoms with Crippen LogP contribution in [0.2, 0.25) is 0 Å². The van der Waals surface area contributed by atoms with Gasteiger partial charge in [0.15, 0.2) is 0 Å². The van der Waals surface area contributed by atoms with E-state index in [1.807, 2.05) is 13.8 Å². The predicted molar refractivity (Wildman–Crippen MR) is 66.4 cm³/mol. The number of amides is 3. The molecule has 0 bridgehead atoms. The van der Waals surface area contributed by atoms with E-state index in [1.54, 1.807) is 19.4 Å². The lowest BCUT2D eigenvalue weighted by molar-refractivity contribution is -0.133. The van der Waals surface area contributed by atoms with Crippen molar-refractivity contribution in [2.75, 3.05) is 7.05 Å². The molecule has 1 unspecified atom stereocenters. The van der Waals surface area contributed by atoms with Crippen molar-refractivity contribution in [3.63, 3.8) is 0 Å². The molecular weight excluding hydrogens is 234 g/mol. The molecule has 100 valence electrons. The molecule has 1 atom stereocenters. The maximum Gasteiger partial charge on any atom is 0.312 e. The van der Waals surface area contributed by atoms with Crippen molar-refractivity contribution in [2.45, 2.75) is 26.4 Å². The Morgan fingerprint density at radius 1 is 1.56 bits per heavy atom. The summed E-state index contributed by atoms with van der Waals surface area (Å²) in [6.45, 7) is 4.13. The number of nitrogens with one attached hydrogen (secondary N) is 2. The number of carbonyl (C=O) groups excluding carboxylic acids is 2. The third-order valence-electron chi connectivity index (χ3n) is 2.58. The van der Waals surface area contributed by atoms with Crippen molar-refractivity contribution < 1.29 is 9.59 Å². The number of H-pyrrole nitrogens is 1. The van der Waals surface area contributed by atoms with Gasteiger partial charge in [0.2, 0.25) is 5.91 Å². The molecule has 1 aromatic rings. The van der Waals surface area contributed by atoms with Crippen LogP contribution in [0.3, 0.4) is 0 Å². The van der Waals surface area contributed by atoms with Crippen molar-refractivity contribution >= 4 is 11.9 Å². The summed E-state index contributed by atoms with van der Waals surface area (Å²) in [4.78, 5) is 24.6. The number of urea groups is 1. The molecule has 1 heterocycles. The fourth-order valence-corrected chi connectivity index (χ4v) is 1.62. The largest absolute Gasteiger partial charge is 0.352 e. The van der Waals surface area contributed by atoms with E-state index in [1.165, 1.54) is 4.90 Å². The van der Waals surface area contributed by atoms with E-state index in [2.05, 4.69) is 15.5 Å². The van der Waals surface area contributed by atoms with Crippen LogP contribution in [0.5, 0.6) is 0 Å². The third kappa shape index (κ3) is 3.76. The highest BCUT2D eigenvalue weighted by Crippen LogP contribution is 2.08. The molecule has 0 aliphatic carbocycles. The Bertz CT molecular complexity index is 402. The van der Waals surface area contributed by atoms with E-state index < -0.39 is 12.1 Å². The predicted octanol–water partition coefficient (Wildman–Crippen LogP) is 0.0610. The summed E-state index contributed by atoms with van der Waals surface area (Å²) in [5, 5.41) is 8.95. The van der Waals surface area contributed by atoms with Crippen molar-refractivity contribution in [2.24, 2.45) is 11.7 Å². The standard InChI is InChI=1S/C11H19N5O2/c1-7(2)9(15-11(12)18)10(17)16(3)6-8-4-13-14-5-8/h4-5,7,9H,6H2,1-3H3,(H,13,14)(H3,12,15,18). The monoisotopic (exact) mass is 253 g/mol. The normalized spacial score (nSPS) is 12.2. The lowest BCUT2D eigenvalue weighted by Crippen LogP contribution is -2.51. The van der Waals surface area contributed by atoms with Crippen LogP contribution in [-0.2, 0) is 11.3 Å². The number of nitrogens with two attached hydrogens (primary N) is 1. The third-order valence-corrected chi connectivity index (χ3v) is 2.58.